The second-order valence-electron chi connectivity index (χ2n) is 8.88. The number of hydrogen-bond acceptors (Lipinski definition) is 7. The minimum Gasteiger partial charge on any atom is -0.387 e. The van der Waals surface area contributed by atoms with Gasteiger partial charge in [-0.05, 0) is 19.4 Å². The molecule has 7 nitrogen and oxygen atoms in total. The standard InChI is InChI=1S/C20H30O7Si/c1-20(2)26-17-16(24-11-12-9-7-6-8-10-12)15(25-19(17)27-20)13(21)14(22)18(23)28(3,4)5/h6-10,13-17,19,21-22H,11H2,1-5H3/t13-,14?,15-,16+,17-,19-/m1/s1. The number of carbonyl (C=O) groups is 1. The van der Waals surface area contributed by atoms with E-state index in [0.29, 0.717) is 0 Å². The fraction of sp³-hybridized carbons (Fsp3) is 0.650. The Bertz CT molecular complexity index is 688. The second-order valence-corrected chi connectivity index (χ2v) is 13.9. The summed E-state index contributed by atoms with van der Waals surface area (Å²) in [5, 5.41) is 20.9. The van der Waals surface area contributed by atoms with Crippen molar-refractivity contribution in [1.82, 2.24) is 0 Å². The van der Waals surface area contributed by atoms with Crippen LogP contribution in [0, 0.1) is 0 Å². The Hall–Kier alpha value is -1.13. The number of aliphatic hydroxyl groups is 2. The van der Waals surface area contributed by atoms with E-state index in [2.05, 4.69) is 0 Å². The molecule has 0 saturated carbocycles. The molecule has 1 aromatic carbocycles. The smallest absolute Gasteiger partial charge is 0.190 e. The summed E-state index contributed by atoms with van der Waals surface area (Å²) in [6.07, 6.45) is -5.89. The molecule has 2 aliphatic rings. The van der Waals surface area contributed by atoms with Gasteiger partial charge in [-0.3, -0.25) is 0 Å². The molecule has 2 heterocycles. The highest BCUT2D eigenvalue weighted by Gasteiger charge is 2.58. The lowest BCUT2D eigenvalue weighted by Gasteiger charge is -2.31. The average molecular weight is 411 g/mol. The first kappa shape index (κ1) is 21.6. The molecule has 0 aliphatic carbocycles. The predicted octanol–water partition coefficient (Wildman–Crippen LogP) is 1.62. The van der Waals surface area contributed by atoms with Gasteiger partial charge in [0.1, 0.15) is 44.0 Å². The average Bonchev–Trinajstić information content (AvgIpc) is 3.09. The number of carbonyl (C=O) groups excluding carboxylic acids is 1. The van der Waals surface area contributed by atoms with E-state index in [1.54, 1.807) is 13.8 Å². The van der Waals surface area contributed by atoms with E-state index in [1.807, 2.05) is 50.0 Å². The van der Waals surface area contributed by atoms with Gasteiger partial charge in [0.2, 0.25) is 0 Å². The first-order valence-corrected chi connectivity index (χ1v) is 13.1. The Labute approximate surface area is 166 Å². The molecule has 0 bridgehead atoms. The van der Waals surface area contributed by atoms with Gasteiger partial charge in [-0.1, -0.05) is 50.0 Å². The van der Waals surface area contributed by atoms with Crippen molar-refractivity contribution < 1.29 is 34.0 Å². The minimum absolute atomic E-state index is 0.281. The van der Waals surface area contributed by atoms with Crippen LogP contribution >= 0.6 is 0 Å². The lowest BCUT2D eigenvalue weighted by Crippen LogP contribution is -2.54. The van der Waals surface area contributed by atoms with Crippen LogP contribution in [-0.2, 0) is 30.3 Å². The highest BCUT2D eigenvalue weighted by atomic mass is 28.3. The third-order valence-corrected chi connectivity index (χ3v) is 6.75. The van der Waals surface area contributed by atoms with Crippen molar-refractivity contribution >= 4 is 13.5 Å². The maximum atomic E-state index is 12.5. The summed E-state index contributed by atoms with van der Waals surface area (Å²) in [4.78, 5) is 12.5. The molecule has 8 heteroatoms. The van der Waals surface area contributed by atoms with Gasteiger partial charge >= 0.3 is 0 Å². The van der Waals surface area contributed by atoms with Crippen LogP contribution in [0.4, 0.5) is 0 Å². The third kappa shape index (κ3) is 4.54. The largest absolute Gasteiger partial charge is 0.387 e. The van der Waals surface area contributed by atoms with Crippen LogP contribution in [0.3, 0.4) is 0 Å². The summed E-state index contributed by atoms with van der Waals surface area (Å²) in [5.74, 6) is -0.841. The van der Waals surface area contributed by atoms with Crippen LogP contribution in [0.25, 0.3) is 0 Å². The number of hydrogen-bond donors (Lipinski definition) is 2. The van der Waals surface area contributed by atoms with Crippen molar-refractivity contribution in [2.75, 3.05) is 0 Å². The molecule has 28 heavy (non-hydrogen) atoms. The molecule has 2 N–H and O–H groups in total. The van der Waals surface area contributed by atoms with Crippen LogP contribution in [0.2, 0.25) is 19.6 Å². The van der Waals surface area contributed by atoms with Gasteiger partial charge in [-0.15, -0.1) is 0 Å². The molecule has 0 spiro atoms. The number of rotatable bonds is 7. The summed E-state index contributed by atoms with van der Waals surface area (Å²) < 4.78 is 23.6. The topological polar surface area (TPSA) is 94.5 Å². The van der Waals surface area contributed by atoms with Crippen LogP contribution in [0.5, 0.6) is 0 Å². The van der Waals surface area contributed by atoms with Gasteiger partial charge in [0.25, 0.3) is 0 Å². The number of aliphatic hydroxyl groups excluding tert-OH is 2. The van der Waals surface area contributed by atoms with Crippen LogP contribution in [-0.4, -0.2) is 66.3 Å². The molecule has 0 radical (unpaired) electrons. The molecule has 3 rings (SSSR count). The number of ether oxygens (including phenoxy) is 4. The summed E-state index contributed by atoms with van der Waals surface area (Å²) in [6.45, 7) is 9.31. The van der Waals surface area contributed by atoms with Crippen molar-refractivity contribution in [2.24, 2.45) is 0 Å². The zero-order valence-corrected chi connectivity index (χ0v) is 18.0. The predicted molar refractivity (Wildman–Crippen MR) is 104 cm³/mol. The quantitative estimate of drug-likeness (QED) is 0.660. The van der Waals surface area contributed by atoms with Crippen molar-refractivity contribution in [3.63, 3.8) is 0 Å². The summed E-state index contributed by atoms with van der Waals surface area (Å²) >= 11 is 0. The Balaban J connectivity index is 1.77. The fourth-order valence-corrected chi connectivity index (χ4v) is 4.57. The summed E-state index contributed by atoms with van der Waals surface area (Å²) in [7, 11) is -2.29. The molecule has 0 aromatic heterocycles. The third-order valence-electron chi connectivity index (χ3n) is 4.98. The Morgan fingerprint density at radius 1 is 1.18 bits per heavy atom. The van der Waals surface area contributed by atoms with Gasteiger partial charge < -0.3 is 34.0 Å². The normalized spacial score (nSPS) is 31.4. The molecule has 156 valence electrons. The first-order valence-electron chi connectivity index (χ1n) is 9.57. The van der Waals surface area contributed by atoms with Gasteiger partial charge in [-0.2, -0.15) is 0 Å². The highest BCUT2D eigenvalue weighted by molar-refractivity contribution is 7.04. The molecule has 1 aromatic rings. The second kappa shape index (κ2) is 7.95. The molecule has 2 saturated heterocycles. The van der Waals surface area contributed by atoms with Crippen LogP contribution < -0.4 is 0 Å². The van der Waals surface area contributed by atoms with Crippen LogP contribution in [0.15, 0.2) is 30.3 Å². The van der Waals surface area contributed by atoms with E-state index in [4.69, 9.17) is 18.9 Å². The number of benzene rings is 1. The Morgan fingerprint density at radius 2 is 1.82 bits per heavy atom. The van der Waals surface area contributed by atoms with Crippen molar-refractivity contribution in [3.05, 3.63) is 35.9 Å². The van der Waals surface area contributed by atoms with E-state index in [0.717, 1.165) is 5.56 Å². The fourth-order valence-electron chi connectivity index (χ4n) is 3.51. The van der Waals surface area contributed by atoms with Crippen molar-refractivity contribution in [3.8, 4) is 0 Å². The zero-order valence-electron chi connectivity index (χ0n) is 17.0. The van der Waals surface area contributed by atoms with Gasteiger partial charge in [-0.25, -0.2) is 0 Å². The molecule has 2 aliphatic heterocycles. The van der Waals surface area contributed by atoms with Gasteiger partial charge in [0.15, 0.2) is 12.1 Å². The first-order chi connectivity index (χ1) is 13.0. The molecule has 1 unspecified atom stereocenters. The lowest BCUT2D eigenvalue weighted by atomic mass is 10.0. The summed E-state index contributed by atoms with van der Waals surface area (Å²) in [6, 6.07) is 9.59. The molecular weight excluding hydrogens is 380 g/mol. The lowest BCUT2D eigenvalue weighted by molar-refractivity contribution is -0.235. The molecule has 2 fully saturated rings. The van der Waals surface area contributed by atoms with Gasteiger partial charge in [0.05, 0.1) is 6.61 Å². The van der Waals surface area contributed by atoms with Crippen LogP contribution in [0.1, 0.15) is 19.4 Å². The van der Waals surface area contributed by atoms with Crippen molar-refractivity contribution in [2.45, 2.75) is 82.7 Å². The van der Waals surface area contributed by atoms with E-state index < -0.39 is 50.7 Å². The van der Waals surface area contributed by atoms with Gasteiger partial charge in [0, 0.05) is 0 Å². The minimum atomic E-state index is -2.29. The maximum absolute atomic E-state index is 12.5. The molecule has 0 amide bonds. The molecular formula is C20H30O7Si. The van der Waals surface area contributed by atoms with Crippen molar-refractivity contribution in [1.29, 1.82) is 0 Å². The van der Waals surface area contributed by atoms with E-state index in [1.165, 1.54) is 0 Å². The number of fused-ring (bicyclic) bond motifs is 1. The monoisotopic (exact) mass is 410 g/mol. The maximum Gasteiger partial charge on any atom is 0.190 e. The highest BCUT2D eigenvalue weighted by Crippen LogP contribution is 2.40. The van der Waals surface area contributed by atoms with E-state index >= 15 is 0 Å². The Morgan fingerprint density at radius 3 is 2.43 bits per heavy atom. The SMILES string of the molecule is CC1(C)O[C@H]2O[C@H]([C@H](O)C(O)C(=O)[Si](C)(C)C)[C@H](OCc3ccccc3)[C@H]2O1. The molecule has 6 atom stereocenters. The summed E-state index contributed by atoms with van der Waals surface area (Å²) in [5.41, 5.74) is 0.955. The Kier molecular flexibility index (Phi) is 6.12. The zero-order chi connectivity index (χ0) is 20.7. The van der Waals surface area contributed by atoms with E-state index in [9.17, 15) is 15.0 Å². The van der Waals surface area contributed by atoms with E-state index in [-0.39, 0.29) is 12.0 Å².